The van der Waals surface area contributed by atoms with Crippen molar-refractivity contribution in [3.05, 3.63) is 35.2 Å². The van der Waals surface area contributed by atoms with Gasteiger partial charge in [-0.05, 0) is 31.6 Å². The number of nitrogens with one attached hydrogen (secondary N) is 2. The molecule has 0 amide bonds. The van der Waals surface area contributed by atoms with Crippen LogP contribution in [0.3, 0.4) is 0 Å². The number of anilines is 1. The largest absolute Gasteiger partial charge is 0.493 e. The van der Waals surface area contributed by atoms with Gasteiger partial charge >= 0.3 is 6.01 Å². The number of halogens is 2. The lowest BCUT2D eigenvalue weighted by Crippen LogP contribution is -2.34. The highest BCUT2D eigenvalue weighted by Gasteiger charge is 2.23. The van der Waals surface area contributed by atoms with Crippen LogP contribution in [-0.2, 0) is 4.74 Å². The van der Waals surface area contributed by atoms with E-state index < -0.39 is 23.1 Å². The summed E-state index contributed by atoms with van der Waals surface area (Å²) in [5.74, 6) is -1.43. The van der Waals surface area contributed by atoms with Crippen LogP contribution in [-0.4, -0.2) is 41.6 Å². The molecule has 1 aliphatic rings. The molecule has 1 saturated heterocycles. The SMILES string of the molecule is CC(=N)OC(=N)c1c(F)cc(OCCCC2CCN(c3nc(C(C)C)no3)CC2)cc1F. The second-order valence-electron chi connectivity index (χ2n) is 8.26. The Morgan fingerprint density at radius 1 is 1.22 bits per heavy atom. The molecule has 1 aromatic heterocycles. The molecule has 0 unspecified atom stereocenters. The molecule has 2 aromatic rings. The minimum absolute atomic E-state index is 0.0651. The first-order valence-corrected chi connectivity index (χ1v) is 10.8. The zero-order chi connectivity index (χ0) is 23.3. The van der Waals surface area contributed by atoms with Crippen LogP contribution in [0, 0.1) is 28.4 Å². The van der Waals surface area contributed by atoms with E-state index >= 15 is 0 Å². The summed E-state index contributed by atoms with van der Waals surface area (Å²) in [7, 11) is 0. The lowest BCUT2D eigenvalue weighted by atomic mass is 9.92. The van der Waals surface area contributed by atoms with Gasteiger partial charge in [0.15, 0.2) is 11.7 Å². The molecule has 1 aromatic carbocycles. The van der Waals surface area contributed by atoms with Crippen LogP contribution in [0.15, 0.2) is 16.7 Å². The van der Waals surface area contributed by atoms with Crippen molar-refractivity contribution in [2.45, 2.75) is 52.4 Å². The third-order valence-electron chi connectivity index (χ3n) is 5.36. The molecule has 2 N–H and O–H groups in total. The van der Waals surface area contributed by atoms with E-state index in [0.717, 1.165) is 56.7 Å². The van der Waals surface area contributed by atoms with Gasteiger partial charge < -0.3 is 18.9 Å². The van der Waals surface area contributed by atoms with E-state index in [2.05, 4.69) is 19.8 Å². The molecule has 1 fully saturated rings. The number of nitrogens with zero attached hydrogens (tertiary/aromatic N) is 3. The highest BCUT2D eigenvalue weighted by molar-refractivity contribution is 5.99. The van der Waals surface area contributed by atoms with E-state index in [9.17, 15) is 8.78 Å². The molecule has 8 nitrogen and oxygen atoms in total. The number of piperidine rings is 1. The average Bonchev–Trinajstić information content (AvgIpc) is 3.21. The van der Waals surface area contributed by atoms with Crippen LogP contribution in [0.2, 0.25) is 0 Å². The van der Waals surface area contributed by atoms with E-state index in [4.69, 9.17) is 20.1 Å². The molecule has 3 rings (SSSR count). The Morgan fingerprint density at radius 3 is 2.44 bits per heavy atom. The standard InChI is InChI=1S/C22H29F2N5O3/c1-13(2)21-27-22(32-28-21)29-8-6-15(7-9-29)5-4-10-30-16-11-17(23)19(18(24)12-16)20(26)31-14(3)25/h11-13,15,25-26H,4-10H2,1-3H3. The predicted octanol–water partition coefficient (Wildman–Crippen LogP) is 4.89. The fourth-order valence-electron chi connectivity index (χ4n) is 3.62. The van der Waals surface area contributed by atoms with Gasteiger partial charge in [-0.3, -0.25) is 10.8 Å². The van der Waals surface area contributed by atoms with Crippen LogP contribution in [0.4, 0.5) is 14.8 Å². The zero-order valence-corrected chi connectivity index (χ0v) is 18.6. The van der Waals surface area contributed by atoms with Crippen molar-refractivity contribution in [3.63, 3.8) is 0 Å². The van der Waals surface area contributed by atoms with Gasteiger partial charge in [0.2, 0.25) is 5.90 Å². The maximum Gasteiger partial charge on any atom is 0.324 e. The fraction of sp³-hybridized carbons (Fsp3) is 0.545. The van der Waals surface area contributed by atoms with Gasteiger partial charge in [0.05, 0.1) is 6.61 Å². The van der Waals surface area contributed by atoms with Crippen molar-refractivity contribution in [3.8, 4) is 5.75 Å². The minimum Gasteiger partial charge on any atom is -0.493 e. The highest BCUT2D eigenvalue weighted by atomic mass is 19.1. The Labute approximate surface area is 185 Å². The Bertz CT molecular complexity index is 932. The summed E-state index contributed by atoms with van der Waals surface area (Å²) in [6, 6.07) is 2.64. The van der Waals surface area contributed by atoms with Crippen molar-refractivity contribution in [1.29, 1.82) is 10.8 Å². The van der Waals surface area contributed by atoms with Gasteiger partial charge in [-0.15, -0.1) is 0 Å². The van der Waals surface area contributed by atoms with Gasteiger partial charge in [-0.2, -0.15) is 4.98 Å². The van der Waals surface area contributed by atoms with E-state index in [0.29, 0.717) is 18.5 Å². The summed E-state index contributed by atoms with van der Waals surface area (Å²) < 4.78 is 44.0. The molecule has 0 saturated carbocycles. The number of ether oxygens (including phenoxy) is 2. The molecule has 0 radical (unpaired) electrons. The molecule has 32 heavy (non-hydrogen) atoms. The number of hydrogen-bond donors (Lipinski definition) is 2. The summed E-state index contributed by atoms with van der Waals surface area (Å²) in [5, 5.41) is 18.8. The number of rotatable bonds is 8. The van der Waals surface area contributed by atoms with Crippen molar-refractivity contribution in [2.75, 3.05) is 24.6 Å². The van der Waals surface area contributed by atoms with Crippen LogP contribution >= 0.6 is 0 Å². The molecule has 174 valence electrons. The molecular weight excluding hydrogens is 420 g/mol. The highest BCUT2D eigenvalue weighted by Crippen LogP contribution is 2.27. The summed E-state index contributed by atoms with van der Waals surface area (Å²) >= 11 is 0. The molecule has 2 heterocycles. The predicted molar refractivity (Wildman–Crippen MR) is 116 cm³/mol. The third kappa shape index (κ3) is 6.02. The van der Waals surface area contributed by atoms with E-state index in [-0.39, 0.29) is 17.6 Å². The molecule has 0 bridgehead atoms. The lowest BCUT2D eigenvalue weighted by molar-refractivity contribution is 0.274. The zero-order valence-electron chi connectivity index (χ0n) is 18.6. The molecular formula is C22H29F2N5O3. The maximum atomic E-state index is 14.2. The summed E-state index contributed by atoms with van der Waals surface area (Å²) in [6.45, 7) is 7.38. The second kappa shape index (κ2) is 10.5. The monoisotopic (exact) mass is 449 g/mol. The van der Waals surface area contributed by atoms with Crippen LogP contribution in [0.1, 0.15) is 63.8 Å². The average molecular weight is 450 g/mol. The van der Waals surface area contributed by atoms with Gasteiger partial charge in [-0.1, -0.05) is 19.0 Å². The van der Waals surface area contributed by atoms with Gasteiger partial charge in [-0.25, -0.2) is 8.78 Å². The van der Waals surface area contributed by atoms with Crippen molar-refractivity contribution < 1.29 is 22.8 Å². The molecule has 0 aliphatic carbocycles. The quantitative estimate of drug-likeness (QED) is 0.338. The Kier molecular flexibility index (Phi) is 7.76. The van der Waals surface area contributed by atoms with Gasteiger partial charge in [0.1, 0.15) is 22.9 Å². The smallest absolute Gasteiger partial charge is 0.324 e. The first-order valence-electron chi connectivity index (χ1n) is 10.8. The summed E-state index contributed by atoms with van der Waals surface area (Å²) in [5.41, 5.74) is -0.613. The minimum atomic E-state index is -0.958. The third-order valence-corrected chi connectivity index (χ3v) is 5.36. The lowest BCUT2D eigenvalue weighted by Gasteiger charge is -2.30. The number of hydrogen-bond acceptors (Lipinski definition) is 8. The van der Waals surface area contributed by atoms with Crippen molar-refractivity contribution in [2.24, 2.45) is 5.92 Å². The first-order chi connectivity index (χ1) is 15.2. The number of benzene rings is 1. The van der Waals surface area contributed by atoms with Gasteiger partial charge in [0, 0.05) is 38.1 Å². The summed E-state index contributed by atoms with van der Waals surface area (Å²) in [6.07, 6.45) is 3.73. The molecule has 10 heteroatoms. The maximum absolute atomic E-state index is 14.2. The molecule has 0 spiro atoms. The Balaban J connectivity index is 1.42. The van der Waals surface area contributed by atoms with E-state index in [1.807, 2.05) is 13.8 Å². The van der Waals surface area contributed by atoms with Gasteiger partial charge in [0.25, 0.3) is 0 Å². The van der Waals surface area contributed by atoms with E-state index in [1.165, 1.54) is 6.92 Å². The first kappa shape index (κ1) is 23.6. The summed E-state index contributed by atoms with van der Waals surface area (Å²) in [4.78, 5) is 6.56. The molecule has 1 aliphatic heterocycles. The normalized spacial score (nSPS) is 14.6. The van der Waals surface area contributed by atoms with E-state index in [1.54, 1.807) is 0 Å². The Hall–Kier alpha value is -3.04. The van der Waals surface area contributed by atoms with Crippen molar-refractivity contribution in [1.82, 2.24) is 10.1 Å². The second-order valence-corrected chi connectivity index (χ2v) is 8.26. The molecule has 0 atom stereocenters. The fourth-order valence-corrected chi connectivity index (χ4v) is 3.62. The topological polar surface area (TPSA) is 108 Å². The van der Waals surface area contributed by atoms with Crippen LogP contribution in [0.5, 0.6) is 5.75 Å². The van der Waals surface area contributed by atoms with Crippen LogP contribution < -0.4 is 9.64 Å². The number of aromatic nitrogens is 2. The van der Waals surface area contributed by atoms with Crippen molar-refractivity contribution >= 4 is 17.8 Å². The van der Waals surface area contributed by atoms with Crippen LogP contribution in [0.25, 0.3) is 0 Å². The Morgan fingerprint density at radius 2 is 1.88 bits per heavy atom.